The van der Waals surface area contributed by atoms with E-state index in [0.717, 1.165) is 39.4 Å². The second kappa shape index (κ2) is 11.1. The number of benzene rings is 2. The summed E-state index contributed by atoms with van der Waals surface area (Å²) in [6.07, 6.45) is 3.72. The number of anilines is 1. The number of rotatable bonds is 9. The molecular weight excluding hydrogens is 563 g/mol. The number of thiazole rings is 1. The summed E-state index contributed by atoms with van der Waals surface area (Å²) in [7, 11) is 0. The molecule has 6 nitrogen and oxygen atoms in total. The van der Waals surface area contributed by atoms with E-state index in [2.05, 4.69) is 35.4 Å². The van der Waals surface area contributed by atoms with Crippen LogP contribution in [0, 0.1) is 0 Å². The summed E-state index contributed by atoms with van der Waals surface area (Å²) in [5.74, 6) is -0.226. The second-order valence-corrected chi connectivity index (χ2v) is 9.46. The van der Waals surface area contributed by atoms with E-state index in [1.807, 2.05) is 65.1 Å². The SMILES string of the molecule is CCN(CC)c1ccc2cc(/C=C/c3sc4ccccc4[n+]3CCOC(=O)CI)c(=O)oc2c1. The molecule has 34 heavy (non-hydrogen) atoms. The highest BCUT2D eigenvalue weighted by atomic mass is 127. The van der Waals surface area contributed by atoms with Crippen LogP contribution in [0.15, 0.2) is 57.7 Å². The maximum atomic E-state index is 12.7. The first-order valence-corrected chi connectivity index (χ1v) is 13.5. The lowest BCUT2D eigenvalue weighted by molar-refractivity contribution is -0.669. The van der Waals surface area contributed by atoms with Crippen molar-refractivity contribution in [2.24, 2.45) is 0 Å². The third kappa shape index (κ3) is 5.33. The fourth-order valence-electron chi connectivity index (χ4n) is 3.88. The lowest BCUT2D eigenvalue weighted by Crippen LogP contribution is -2.37. The lowest BCUT2D eigenvalue weighted by atomic mass is 10.1. The van der Waals surface area contributed by atoms with Crippen molar-refractivity contribution in [1.29, 1.82) is 0 Å². The molecule has 0 fully saturated rings. The first-order valence-electron chi connectivity index (χ1n) is 11.2. The van der Waals surface area contributed by atoms with Gasteiger partial charge in [0.05, 0.1) is 9.99 Å². The predicted octanol–water partition coefficient (Wildman–Crippen LogP) is 5.29. The normalized spacial score (nSPS) is 11.5. The van der Waals surface area contributed by atoms with E-state index < -0.39 is 0 Å². The Morgan fingerprint density at radius 3 is 2.71 bits per heavy atom. The van der Waals surface area contributed by atoms with Gasteiger partial charge in [-0.25, -0.2) is 4.79 Å². The predicted molar refractivity (Wildman–Crippen MR) is 147 cm³/mol. The van der Waals surface area contributed by atoms with Gasteiger partial charge in [0.1, 0.15) is 10.3 Å². The second-order valence-electron chi connectivity index (χ2n) is 7.63. The summed E-state index contributed by atoms with van der Waals surface area (Å²) >= 11 is 3.62. The van der Waals surface area contributed by atoms with Crippen LogP contribution in [0.2, 0.25) is 0 Å². The van der Waals surface area contributed by atoms with Crippen LogP contribution in [-0.2, 0) is 16.1 Å². The molecule has 2 heterocycles. The number of para-hydroxylation sites is 1. The molecule has 176 valence electrons. The van der Waals surface area contributed by atoms with Crippen LogP contribution in [0.5, 0.6) is 0 Å². The first-order chi connectivity index (χ1) is 16.5. The smallest absolute Gasteiger partial charge is 0.343 e. The van der Waals surface area contributed by atoms with Crippen molar-refractivity contribution in [1.82, 2.24) is 0 Å². The summed E-state index contributed by atoms with van der Waals surface area (Å²) < 4.78 is 14.5. The van der Waals surface area contributed by atoms with Crippen molar-refractivity contribution in [2.75, 3.05) is 29.0 Å². The molecule has 0 aliphatic rings. The van der Waals surface area contributed by atoms with Gasteiger partial charge in [0.2, 0.25) is 5.52 Å². The Morgan fingerprint density at radius 1 is 1.15 bits per heavy atom. The van der Waals surface area contributed by atoms with Crippen molar-refractivity contribution >= 4 is 78.9 Å². The summed E-state index contributed by atoms with van der Waals surface area (Å²) in [5.41, 5.74) is 2.80. The van der Waals surface area contributed by atoms with Crippen molar-refractivity contribution in [3.05, 3.63) is 69.5 Å². The highest BCUT2D eigenvalue weighted by Gasteiger charge is 2.19. The number of fused-ring (bicyclic) bond motifs is 2. The van der Waals surface area contributed by atoms with Crippen LogP contribution >= 0.6 is 33.9 Å². The standard InChI is InChI=1S/C26H26IN2O4S/c1-3-28(4-2)20-11-9-18-15-19(26(31)33-22(18)16-20)10-12-24-29(13-14-32-25(30)17-27)21-7-5-6-8-23(21)34-24/h5-12,15-16H,3-4,13-14,17H2,1-2H3/q+1. The summed E-state index contributed by atoms with van der Waals surface area (Å²) in [4.78, 5) is 26.5. The van der Waals surface area contributed by atoms with E-state index in [4.69, 9.17) is 9.15 Å². The zero-order chi connectivity index (χ0) is 24.1. The van der Waals surface area contributed by atoms with E-state index >= 15 is 0 Å². The summed E-state index contributed by atoms with van der Waals surface area (Å²) in [5, 5.41) is 1.84. The number of esters is 1. The van der Waals surface area contributed by atoms with Crippen LogP contribution in [0.3, 0.4) is 0 Å². The Bertz CT molecular complexity index is 1410. The first kappa shape index (κ1) is 24.4. The Labute approximate surface area is 215 Å². The Morgan fingerprint density at radius 2 is 1.94 bits per heavy atom. The molecule has 4 rings (SSSR count). The minimum Gasteiger partial charge on any atom is -0.458 e. The van der Waals surface area contributed by atoms with Crippen molar-refractivity contribution in [2.45, 2.75) is 20.4 Å². The maximum Gasteiger partial charge on any atom is 0.343 e. The third-order valence-corrected chi connectivity index (χ3v) is 7.36. The van der Waals surface area contributed by atoms with Gasteiger partial charge in [-0.2, -0.15) is 4.57 Å². The topological polar surface area (TPSA) is 63.6 Å². The molecule has 0 spiro atoms. The van der Waals surface area contributed by atoms with Crippen LogP contribution < -0.4 is 15.1 Å². The van der Waals surface area contributed by atoms with Gasteiger partial charge in [-0.15, -0.1) is 0 Å². The molecule has 2 aromatic heterocycles. The van der Waals surface area contributed by atoms with Gasteiger partial charge in [0.25, 0.3) is 5.01 Å². The minimum absolute atomic E-state index is 0.226. The molecule has 4 aromatic rings. The van der Waals surface area contributed by atoms with Gasteiger partial charge >= 0.3 is 11.6 Å². The number of hydrogen-bond acceptors (Lipinski definition) is 6. The lowest BCUT2D eigenvalue weighted by Gasteiger charge is -2.20. The number of ether oxygens (including phenoxy) is 1. The number of carbonyl (C=O) groups excluding carboxylic acids is 1. The van der Waals surface area contributed by atoms with Crippen molar-refractivity contribution in [3.63, 3.8) is 0 Å². The van der Waals surface area contributed by atoms with E-state index in [1.54, 1.807) is 17.4 Å². The van der Waals surface area contributed by atoms with Crippen LogP contribution in [0.4, 0.5) is 5.69 Å². The molecule has 0 aliphatic heterocycles. The van der Waals surface area contributed by atoms with Gasteiger partial charge < -0.3 is 14.1 Å². The molecular formula is C26H26IN2O4S+. The van der Waals surface area contributed by atoms with Crippen LogP contribution in [-0.4, -0.2) is 30.1 Å². The largest absolute Gasteiger partial charge is 0.458 e. The van der Waals surface area contributed by atoms with Gasteiger partial charge in [-0.05, 0) is 44.2 Å². The highest BCUT2D eigenvalue weighted by molar-refractivity contribution is 14.1. The minimum atomic E-state index is -0.371. The monoisotopic (exact) mass is 589 g/mol. The maximum absolute atomic E-state index is 12.7. The fraction of sp³-hybridized carbons (Fsp3) is 0.269. The van der Waals surface area contributed by atoms with E-state index in [1.165, 1.54) is 0 Å². The average molecular weight is 589 g/mol. The van der Waals surface area contributed by atoms with Gasteiger partial charge in [-0.1, -0.05) is 46.1 Å². The highest BCUT2D eigenvalue weighted by Crippen LogP contribution is 2.24. The molecule has 0 unspecified atom stereocenters. The molecule has 0 aliphatic carbocycles. The number of nitrogens with zero attached hydrogens (tertiary/aromatic N) is 2. The summed E-state index contributed by atoms with van der Waals surface area (Å²) in [6, 6.07) is 15.9. The quantitative estimate of drug-likeness (QED) is 0.0874. The molecule has 0 saturated heterocycles. The number of hydrogen-bond donors (Lipinski definition) is 0. The van der Waals surface area contributed by atoms with Crippen molar-refractivity contribution in [3.8, 4) is 0 Å². The Kier molecular flexibility index (Phi) is 7.99. The molecule has 8 heteroatoms. The fourth-order valence-corrected chi connectivity index (χ4v) is 5.19. The van der Waals surface area contributed by atoms with E-state index in [9.17, 15) is 9.59 Å². The molecule has 2 aromatic carbocycles. The number of halogens is 1. The Balaban J connectivity index is 1.65. The molecule has 0 saturated carbocycles. The summed E-state index contributed by atoms with van der Waals surface area (Å²) in [6.45, 7) is 6.81. The average Bonchev–Trinajstić information content (AvgIpc) is 3.20. The molecule has 0 radical (unpaired) electrons. The molecule has 0 amide bonds. The number of aromatic nitrogens is 1. The van der Waals surface area contributed by atoms with Crippen LogP contribution in [0.1, 0.15) is 24.4 Å². The number of carbonyl (C=O) groups is 1. The zero-order valence-corrected chi connectivity index (χ0v) is 22.1. The Hall–Kier alpha value is -2.72. The molecule has 0 atom stereocenters. The van der Waals surface area contributed by atoms with Gasteiger partial charge in [-0.3, -0.25) is 4.79 Å². The third-order valence-electron chi connectivity index (χ3n) is 5.60. The van der Waals surface area contributed by atoms with E-state index in [0.29, 0.717) is 28.7 Å². The van der Waals surface area contributed by atoms with Gasteiger partial charge in [0, 0.05) is 42.4 Å². The van der Waals surface area contributed by atoms with Crippen LogP contribution in [0.25, 0.3) is 33.3 Å². The van der Waals surface area contributed by atoms with Crippen molar-refractivity contribution < 1.29 is 18.5 Å². The zero-order valence-electron chi connectivity index (χ0n) is 19.1. The van der Waals surface area contributed by atoms with E-state index in [-0.39, 0.29) is 11.6 Å². The number of alkyl halides is 1. The molecule has 0 N–H and O–H groups in total. The van der Waals surface area contributed by atoms with Gasteiger partial charge in [0.15, 0.2) is 13.2 Å². The molecule has 0 bridgehead atoms.